The summed E-state index contributed by atoms with van der Waals surface area (Å²) in [4.78, 5) is 14.2. The smallest absolute Gasteiger partial charge is 0.260 e. The van der Waals surface area contributed by atoms with Gasteiger partial charge in [0.15, 0.2) is 18.1 Å². The van der Waals surface area contributed by atoms with Crippen LogP contribution in [0.25, 0.3) is 0 Å². The van der Waals surface area contributed by atoms with E-state index in [1.165, 1.54) is 0 Å². The van der Waals surface area contributed by atoms with Gasteiger partial charge in [0.2, 0.25) is 0 Å². The second kappa shape index (κ2) is 7.05. The lowest BCUT2D eigenvalue weighted by Crippen LogP contribution is -2.36. The molecule has 0 fully saturated rings. The van der Waals surface area contributed by atoms with E-state index >= 15 is 0 Å². The fourth-order valence-electron chi connectivity index (χ4n) is 2.51. The zero-order chi connectivity index (χ0) is 16.1. The molecule has 1 aliphatic rings. The summed E-state index contributed by atoms with van der Waals surface area (Å²) in [5.41, 5.74) is 1.01. The molecule has 5 nitrogen and oxygen atoms in total. The Balaban J connectivity index is 1.64. The molecule has 0 atom stereocenters. The summed E-state index contributed by atoms with van der Waals surface area (Å²) in [5.74, 6) is 1.95. The number of ether oxygens (including phenoxy) is 3. The molecular formula is C18H19NO4. The maximum absolute atomic E-state index is 12.4. The molecule has 0 bridgehead atoms. The predicted octanol–water partition coefficient (Wildman–Crippen LogP) is 2.50. The number of rotatable bonds is 4. The number of nitrogens with zero attached hydrogens (tertiary/aromatic N) is 1. The van der Waals surface area contributed by atoms with Crippen LogP contribution in [0.1, 0.15) is 5.56 Å². The van der Waals surface area contributed by atoms with Crippen LogP contribution in [0.3, 0.4) is 0 Å². The van der Waals surface area contributed by atoms with Crippen molar-refractivity contribution < 1.29 is 19.0 Å². The van der Waals surface area contributed by atoms with Crippen LogP contribution in [0.4, 0.5) is 0 Å². The van der Waals surface area contributed by atoms with E-state index in [0.29, 0.717) is 31.2 Å². The van der Waals surface area contributed by atoms with E-state index in [1.807, 2.05) is 36.4 Å². The fourth-order valence-corrected chi connectivity index (χ4v) is 2.51. The highest BCUT2D eigenvalue weighted by atomic mass is 16.5. The second-order valence-electron chi connectivity index (χ2n) is 5.21. The normalized spacial score (nSPS) is 13.5. The first-order valence-corrected chi connectivity index (χ1v) is 7.52. The van der Waals surface area contributed by atoms with Crippen LogP contribution in [0, 0.1) is 0 Å². The van der Waals surface area contributed by atoms with E-state index in [2.05, 4.69) is 0 Å². The zero-order valence-corrected chi connectivity index (χ0v) is 13.0. The summed E-state index contributed by atoms with van der Waals surface area (Å²) in [7, 11) is 1.58. The molecule has 0 spiro atoms. The first kappa shape index (κ1) is 15.2. The van der Waals surface area contributed by atoms with E-state index in [4.69, 9.17) is 14.2 Å². The Morgan fingerprint density at radius 1 is 1.13 bits per heavy atom. The third kappa shape index (κ3) is 3.56. The van der Waals surface area contributed by atoms with E-state index < -0.39 is 0 Å². The van der Waals surface area contributed by atoms with Crippen molar-refractivity contribution >= 4 is 5.91 Å². The number of hydrogen-bond donors (Lipinski definition) is 0. The molecule has 0 aromatic heterocycles. The quantitative estimate of drug-likeness (QED) is 0.870. The highest BCUT2D eigenvalue weighted by molar-refractivity contribution is 5.78. The van der Waals surface area contributed by atoms with Crippen LogP contribution in [0.2, 0.25) is 0 Å². The van der Waals surface area contributed by atoms with E-state index in [9.17, 15) is 4.79 Å². The molecule has 0 saturated carbocycles. The van der Waals surface area contributed by atoms with Crippen LogP contribution < -0.4 is 14.2 Å². The molecule has 1 heterocycles. The summed E-state index contributed by atoms with van der Waals surface area (Å²) in [6.45, 7) is 1.53. The molecule has 0 aliphatic carbocycles. The van der Waals surface area contributed by atoms with Gasteiger partial charge in [-0.15, -0.1) is 0 Å². The highest BCUT2D eigenvalue weighted by Crippen LogP contribution is 2.26. The molecule has 120 valence electrons. The molecule has 23 heavy (non-hydrogen) atoms. The Kier molecular flexibility index (Phi) is 4.66. The number of carbonyl (C=O) groups excluding carboxylic acids is 1. The molecule has 2 aromatic carbocycles. The van der Waals surface area contributed by atoms with E-state index in [0.717, 1.165) is 11.3 Å². The summed E-state index contributed by atoms with van der Waals surface area (Å²) >= 11 is 0. The molecule has 0 N–H and O–H groups in total. The van der Waals surface area contributed by atoms with Crippen molar-refractivity contribution in [3.63, 3.8) is 0 Å². The number of para-hydroxylation sites is 3. The highest BCUT2D eigenvalue weighted by Gasteiger charge is 2.20. The minimum Gasteiger partial charge on any atom is -0.493 e. The monoisotopic (exact) mass is 313 g/mol. The van der Waals surface area contributed by atoms with Crippen LogP contribution in [-0.4, -0.2) is 37.7 Å². The lowest BCUT2D eigenvalue weighted by Gasteiger charge is -2.20. The minimum absolute atomic E-state index is 0.0253. The van der Waals surface area contributed by atoms with Gasteiger partial charge in [0.25, 0.3) is 5.91 Å². The van der Waals surface area contributed by atoms with Crippen molar-refractivity contribution in [1.82, 2.24) is 4.90 Å². The van der Waals surface area contributed by atoms with Crippen LogP contribution in [-0.2, 0) is 11.3 Å². The lowest BCUT2D eigenvalue weighted by atomic mass is 10.2. The number of amides is 1. The van der Waals surface area contributed by atoms with Crippen molar-refractivity contribution in [2.24, 2.45) is 0 Å². The van der Waals surface area contributed by atoms with Crippen LogP contribution >= 0.6 is 0 Å². The number of methoxy groups -OCH3 is 1. The standard InChI is InChI=1S/C18H19NO4/c1-21-16-8-4-5-9-17(16)23-13-18(20)19-10-11-22-15-7-3-2-6-14(15)12-19/h2-9H,10-13H2,1H3. The Labute approximate surface area is 135 Å². The molecule has 5 heteroatoms. The zero-order valence-electron chi connectivity index (χ0n) is 13.0. The van der Waals surface area contributed by atoms with Crippen LogP contribution in [0.15, 0.2) is 48.5 Å². The van der Waals surface area contributed by atoms with Crippen molar-refractivity contribution in [1.29, 1.82) is 0 Å². The summed E-state index contributed by atoms with van der Waals surface area (Å²) in [6.07, 6.45) is 0. The largest absolute Gasteiger partial charge is 0.493 e. The Morgan fingerprint density at radius 3 is 2.70 bits per heavy atom. The third-order valence-corrected chi connectivity index (χ3v) is 3.73. The van der Waals surface area contributed by atoms with Gasteiger partial charge in [0.1, 0.15) is 12.4 Å². The second-order valence-corrected chi connectivity index (χ2v) is 5.21. The number of carbonyl (C=O) groups is 1. The molecule has 3 rings (SSSR count). The van der Waals surface area contributed by atoms with Gasteiger partial charge >= 0.3 is 0 Å². The lowest BCUT2D eigenvalue weighted by molar-refractivity contribution is -0.134. The molecule has 2 aromatic rings. The Hall–Kier alpha value is -2.69. The predicted molar refractivity (Wildman–Crippen MR) is 85.8 cm³/mol. The first-order valence-electron chi connectivity index (χ1n) is 7.52. The van der Waals surface area contributed by atoms with Crippen molar-refractivity contribution in [2.45, 2.75) is 6.54 Å². The summed E-state index contributed by atoms with van der Waals surface area (Å²) in [6, 6.07) is 15.1. The van der Waals surface area contributed by atoms with Gasteiger partial charge in [-0.25, -0.2) is 0 Å². The summed E-state index contributed by atoms with van der Waals surface area (Å²) < 4.78 is 16.5. The number of hydrogen-bond acceptors (Lipinski definition) is 4. The number of benzene rings is 2. The van der Waals surface area contributed by atoms with Crippen molar-refractivity contribution in [3.05, 3.63) is 54.1 Å². The van der Waals surface area contributed by atoms with E-state index in [1.54, 1.807) is 24.1 Å². The van der Waals surface area contributed by atoms with Gasteiger partial charge < -0.3 is 19.1 Å². The van der Waals surface area contributed by atoms with Crippen molar-refractivity contribution in [3.8, 4) is 17.2 Å². The Morgan fingerprint density at radius 2 is 1.87 bits per heavy atom. The van der Waals surface area contributed by atoms with Gasteiger partial charge in [0.05, 0.1) is 13.7 Å². The molecule has 1 aliphatic heterocycles. The number of fused-ring (bicyclic) bond motifs is 1. The average molecular weight is 313 g/mol. The first-order chi connectivity index (χ1) is 11.3. The molecule has 1 amide bonds. The van der Waals surface area contributed by atoms with Gasteiger partial charge in [-0.2, -0.15) is 0 Å². The van der Waals surface area contributed by atoms with E-state index in [-0.39, 0.29) is 12.5 Å². The molecular weight excluding hydrogens is 294 g/mol. The van der Waals surface area contributed by atoms with Crippen molar-refractivity contribution in [2.75, 3.05) is 26.9 Å². The minimum atomic E-state index is -0.0730. The Bertz CT molecular complexity index is 686. The topological polar surface area (TPSA) is 48.0 Å². The van der Waals surface area contributed by atoms with Gasteiger partial charge in [-0.3, -0.25) is 4.79 Å². The third-order valence-electron chi connectivity index (χ3n) is 3.73. The maximum Gasteiger partial charge on any atom is 0.260 e. The molecule has 0 saturated heterocycles. The SMILES string of the molecule is COc1ccccc1OCC(=O)N1CCOc2ccccc2C1. The van der Waals surface area contributed by atoms with Gasteiger partial charge in [-0.05, 0) is 18.2 Å². The van der Waals surface area contributed by atoms with Gasteiger partial charge in [0, 0.05) is 12.1 Å². The maximum atomic E-state index is 12.4. The van der Waals surface area contributed by atoms with Crippen LogP contribution in [0.5, 0.6) is 17.2 Å². The summed E-state index contributed by atoms with van der Waals surface area (Å²) in [5, 5.41) is 0. The average Bonchev–Trinajstić information content (AvgIpc) is 2.82. The molecule has 0 radical (unpaired) electrons. The fraction of sp³-hybridized carbons (Fsp3) is 0.278. The molecule has 0 unspecified atom stereocenters. The van der Waals surface area contributed by atoms with Gasteiger partial charge in [-0.1, -0.05) is 30.3 Å².